The molecule has 1 aromatic rings. The van der Waals surface area contributed by atoms with E-state index in [1.165, 1.54) is 0 Å². The lowest BCUT2D eigenvalue weighted by atomic mass is 10.2. The van der Waals surface area contributed by atoms with Gasteiger partial charge >= 0.3 is 5.97 Å². The second kappa shape index (κ2) is 6.76. The summed E-state index contributed by atoms with van der Waals surface area (Å²) in [4.78, 5) is 24.9. The van der Waals surface area contributed by atoms with Gasteiger partial charge in [-0.25, -0.2) is 0 Å². The SMILES string of the molecule is Cc1ccc(NC(=O)CN2CCSCC2C(=O)O)cc1. The smallest absolute Gasteiger partial charge is 0.321 e. The van der Waals surface area contributed by atoms with Crippen LogP contribution in [-0.4, -0.2) is 52.5 Å². The molecule has 108 valence electrons. The zero-order valence-corrected chi connectivity index (χ0v) is 12.2. The van der Waals surface area contributed by atoms with Gasteiger partial charge in [0.25, 0.3) is 0 Å². The molecule has 0 saturated carbocycles. The van der Waals surface area contributed by atoms with Crippen LogP contribution in [0.3, 0.4) is 0 Å². The Bertz CT molecular complexity index is 490. The molecular weight excluding hydrogens is 276 g/mol. The number of anilines is 1. The Morgan fingerprint density at radius 1 is 1.40 bits per heavy atom. The molecule has 1 aliphatic rings. The fourth-order valence-electron chi connectivity index (χ4n) is 2.08. The van der Waals surface area contributed by atoms with Crippen molar-refractivity contribution in [3.63, 3.8) is 0 Å². The maximum Gasteiger partial charge on any atom is 0.321 e. The van der Waals surface area contributed by atoms with Gasteiger partial charge in [0.1, 0.15) is 6.04 Å². The van der Waals surface area contributed by atoms with Crippen molar-refractivity contribution in [1.29, 1.82) is 0 Å². The number of hydrogen-bond donors (Lipinski definition) is 2. The number of thioether (sulfide) groups is 1. The number of aryl methyl sites for hydroxylation is 1. The Balaban J connectivity index is 1.92. The maximum absolute atomic E-state index is 12.0. The van der Waals surface area contributed by atoms with E-state index in [0.717, 1.165) is 17.0 Å². The maximum atomic E-state index is 12.0. The summed E-state index contributed by atoms with van der Waals surface area (Å²) >= 11 is 1.61. The topological polar surface area (TPSA) is 69.6 Å². The summed E-state index contributed by atoms with van der Waals surface area (Å²) < 4.78 is 0. The Morgan fingerprint density at radius 3 is 2.75 bits per heavy atom. The Morgan fingerprint density at radius 2 is 2.10 bits per heavy atom. The van der Waals surface area contributed by atoms with Crippen molar-refractivity contribution in [2.75, 3.05) is 29.9 Å². The standard InChI is InChI=1S/C14H18N2O3S/c1-10-2-4-11(5-3-10)15-13(17)8-16-6-7-20-9-12(16)14(18)19/h2-5,12H,6-9H2,1H3,(H,15,17)(H,18,19). The first-order valence-electron chi connectivity index (χ1n) is 6.47. The lowest BCUT2D eigenvalue weighted by molar-refractivity contribution is -0.142. The first-order valence-corrected chi connectivity index (χ1v) is 7.63. The minimum atomic E-state index is -0.861. The molecule has 2 rings (SSSR count). The zero-order valence-electron chi connectivity index (χ0n) is 11.3. The Labute approximate surface area is 122 Å². The molecule has 1 aromatic carbocycles. The molecule has 6 heteroatoms. The molecule has 0 spiro atoms. The Kier molecular flexibility index (Phi) is 5.03. The van der Waals surface area contributed by atoms with E-state index >= 15 is 0 Å². The molecule has 0 radical (unpaired) electrons. The summed E-state index contributed by atoms with van der Waals surface area (Å²) in [6.45, 7) is 2.73. The third-order valence-electron chi connectivity index (χ3n) is 3.21. The highest BCUT2D eigenvalue weighted by Crippen LogP contribution is 2.17. The van der Waals surface area contributed by atoms with Crippen LogP contribution < -0.4 is 5.32 Å². The van der Waals surface area contributed by atoms with Crippen LogP contribution in [0, 0.1) is 6.92 Å². The van der Waals surface area contributed by atoms with Crippen LogP contribution in [0.15, 0.2) is 24.3 Å². The summed E-state index contributed by atoms with van der Waals surface area (Å²) in [6.07, 6.45) is 0. The van der Waals surface area contributed by atoms with E-state index in [-0.39, 0.29) is 12.5 Å². The fourth-order valence-corrected chi connectivity index (χ4v) is 3.18. The van der Waals surface area contributed by atoms with Crippen LogP contribution >= 0.6 is 11.8 Å². The second-order valence-corrected chi connectivity index (χ2v) is 5.96. The predicted octanol–water partition coefficient (Wildman–Crippen LogP) is 1.44. The number of amides is 1. The van der Waals surface area contributed by atoms with E-state index in [1.807, 2.05) is 31.2 Å². The number of hydrogen-bond acceptors (Lipinski definition) is 4. The average Bonchev–Trinajstić information content (AvgIpc) is 2.41. The van der Waals surface area contributed by atoms with E-state index < -0.39 is 12.0 Å². The summed E-state index contributed by atoms with van der Waals surface area (Å²) in [6, 6.07) is 6.96. The van der Waals surface area contributed by atoms with E-state index in [2.05, 4.69) is 5.32 Å². The number of aliphatic carboxylic acids is 1. The van der Waals surface area contributed by atoms with E-state index in [0.29, 0.717) is 12.3 Å². The fraction of sp³-hybridized carbons (Fsp3) is 0.429. The van der Waals surface area contributed by atoms with Gasteiger partial charge in [0.15, 0.2) is 0 Å². The monoisotopic (exact) mass is 294 g/mol. The molecule has 0 aliphatic carbocycles. The van der Waals surface area contributed by atoms with E-state index in [4.69, 9.17) is 5.11 Å². The van der Waals surface area contributed by atoms with Crippen LogP contribution in [0.2, 0.25) is 0 Å². The van der Waals surface area contributed by atoms with Crippen molar-refractivity contribution < 1.29 is 14.7 Å². The van der Waals surface area contributed by atoms with Crippen LogP contribution in [0.1, 0.15) is 5.56 Å². The molecule has 1 amide bonds. The number of nitrogens with one attached hydrogen (secondary N) is 1. The quantitative estimate of drug-likeness (QED) is 0.879. The average molecular weight is 294 g/mol. The van der Waals surface area contributed by atoms with Gasteiger partial charge in [0.2, 0.25) is 5.91 Å². The van der Waals surface area contributed by atoms with Crippen LogP contribution in [0.25, 0.3) is 0 Å². The largest absolute Gasteiger partial charge is 0.480 e. The van der Waals surface area contributed by atoms with Gasteiger partial charge in [-0.15, -0.1) is 0 Å². The van der Waals surface area contributed by atoms with E-state index in [1.54, 1.807) is 16.7 Å². The van der Waals surface area contributed by atoms with Crippen molar-refractivity contribution in [3.8, 4) is 0 Å². The highest BCUT2D eigenvalue weighted by atomic mass is 32.2. The van der Waals surface area contributed by atoms with Crippen LogP contribution in [0.4, 0.5) is 5.69 Å². The van der Waals surface area contributed by atoms with Crippen molar-refractivity contribution >= 4 is 29.3 Å². The summed E-state index contributed by atoms with van der Waals surface area (Å²) in [7, 11) is 0. The predicted molar refractivity (Wildman–Crippen MR) is 80.1 cm³/mol. The molecule has 1 saturated heterocycles. The molecule has 1 heterocycles. The van der Waals surface area contributed by atoms with Gasteiger partial charge in [-0.1, -0.05) is 17.7 Å². The normalized spacial score (nSPS) is 19.6. The van der Waals surface area contributed by atoms with Gasteiger partial charge in [0, 0.05) is 23.7 Å². The molecule has 1 aliphatic heterocycles. The zero-order chi connectivity index (χ0) is 14.5. The first-order chi connectivity index (χ1) is 9.56. The van der Waals surface area contributed by atoms with Gasteiger partial charge in [0.05, 0.1) is 6.54 Å². The number of nitrogens with zero attached hydrogens (tertiary/aromatic N) is 1. The van der Waals surface area contributed by atoms with Gasteiger partial charge in [-0.05, 0) is 19.1 Å². The number of carbonyl (C=O) groups is 2. The van der Waals surface area contributed by atoms with Crippen molar-refractivity contribution in [3.05, 3.63) is 29.8 Å². The summed E-state index contributed by atoms with van der Waals surface area (Å²) in [5, 5.41) is 12.0. The highest BCUT2D eigenvalue weighted by molar-refractivity contribution is 7.99. The lowest BCUT2D eigenvalue weighted by Gasteiger charge is -2.31. The molecule has 5 nitrogen and oxygen atoms in total. The van der Waals surface area contributed by atoms with E-state index in [9.17, 15) is 9.59 Å². The molecule has 1 atom stereocenters. The molecule has 0 aromatic heterocycles. The van der Waals surface area contributed by atoms with Crippen molar-refractivity contribution in [2.24, 2.45) is 0 Å². The third kappa shape index (κ3) is 3.98. The summed E-state index contributed by atoms with van der Waals surface area (Å²) in [5.41, 5.74) is 1.86. The van der Waals surface area contributed by atoms with Crippen molar-refractivity contribution in [2.45, 2.75) is 13.0 Å². The molecule has 2 N–H and O–H groups in total. The second-order valence-electron chi connectivity index (χ2n) is 4.81. The van der Waals surface area contributed by atoms with Crippen LogP contribution in [-0.2, 0) is 9.59 Å². The third-order valence-corrected chi connectivity index (χ3v) is 4.23. The molecule has 1 fully saturated rings. The molecule has 20 heavy (non-hydrogen) atoms. The number of rotatable bonds is 4. The number of carboxylic acids is 1. The molecular formula is C14H18N2O3S. The number of carboxylic acid groups (broad SMARTS) is 1. The minimum absolute atomic E-state index is 0.116. The summed E-state index contributed by atoms with van der Waals surface area (Å²) in [5.74, 6) is 0.363. The Hall–Kier alpha value is -1.53. The van der Waals surface area contributed by atoms with Crippen molar-refractivity contribution in [1.82, 2.24) is 4.90 Å². The first kappa shape index (κ1) is 14.9. The highest BCUT2D eigenvalue weighted by Gasteiger charge is 2.29. The number of benzene rings is 1. The molecule has 0 bridgehead atoms. The lowest BCUT2D eigenvalue weighted by Crippen LogP contribution is -2.50. The van der Waals surface area contributed by atoms with Gasteiger partial charge in [-0.3, -0.25) is 14.5 Å². The minimum Gasteiger partial charge on any atom is -0.480 e. The van der Waals surface area contributed by atoms with Crippen LogP contribution in [0.5, 0.6) is 0 Å². The molecule has 1 unspecified atom stereocenters. The van der Waals surface area contributed by atoms with Gasteiger partial charge < -0.3 is 10.4 Å². The number of carbonyl (C=O) groups excluding carboxylic acids is 1. The van der Waals surface area contributed by atoms with Gasteiger partial charge in [-0.2, -0.15) is 11.8 Å².